The molecule has 3 aromatic rings. The highest BCUT2D eigenvalue weighted by Gasteiger charge is 2.30. The number of hydrogen-bond acceptors (Lipinski definition) is 3. The maximum Gasteiger partial charge on any atom is 0.416 e. The molecular formula is C15H7Cl2F3N2O. The first-order valence-electron chi connectivity index (χ1n) is 6.31. The lowest BCUT2D eigenvalue weighted by Gasteiger charge is -2.06. The minimum Gasteiger partial charge on any atom is -0.416 e. The van der Waals surface area contributed by atoms with Gasteiger partial charge < -0.3 is 4.42 Å². The molecule has 0 N–H and O–H groups in total. The van der Waals surface area contributed by atoms with Crippen LogP contribution in [0.1, 0.15) is 5.56 Å². The second-order valence-corrected chi connectivity index (χ2v) is 5.43. The van der Waals surface area contributed by atoms with Gasteiger partial charge in [0.15, 0.2) is 0 Å². The molecule has 0 aliphatic carbocycles. The van der Waals surface area contributed by atoms with Crippen molar-refractivity contribution < 1.29 is 17.6 Å². The van der Waals surface area contributed by atoms with E-state index in [4.69, 9.17) is 27.6 Å². The Morgan fingerprint density at radius 2 is 1.48 bits per heavy atom. The first-order chi connectivity index (χ1) is 10.8. The van der Waals surface area contributed by atoms with Gasteiger partial charge in [-0.15, -0.1) is 10.2 Å². The Morgan fingerprint density at radius 3 is 2.09 bits per heavy atom. The molecule has 23 heavy (non-hydrogen) atoms. The molecule has 8 heteroatoms. The zero-order valence-corrected chi connectivity index (χ0v) is 12.7. The molecule has 0 radical (unpaired) electrons. The van der Waals surface area contributed by atoms with Crippen LogP contribution in [0.4, 0.5) is 13.2 Å². The number of nitrogens with zero attached hydrogens (tertiary/aromatic N) is 2. The number of halogens is 5. The standard InChI is InChI=1S/C15H7Cl2F3N2O/c16-11-5-4-9(7-12(11)17)14-22-21-13(23-14)8-2-1-3-10(6-8)15(18,19)20/h1-7H. The highest BCUT2D eigenvalue weighted by atomic mass is 35.5. The average molecular weight is 359 g/mol. The van der Waals surface area contributed by atoms with Gasteiger partial charge in [-0.05, 0) is 36.4 Å². The van der Waals surface area contributed by atoms with Gasteiger partial charge in [-0.1, -0.05) is 29.3 Å². The van der Waals surface area contributed by atoms with E-state index in [1.54, 1.807) is 12.1 Å². The number of alkyl halides is 3. The fourth-order valence-electron chi connectivity index (χ4n) is 1.91. The van der Waals surface area contributed by atoms with E-state index in [0.29, 0.717) is 15.6 Å². The van der Waals surface area contributed by atoms with Gasteiger partial charge in [0.1, 0.15) is 0 Å². The molecule has 0 saturated carbocycles. The largest absolute Gasteiger partial charge is 0.416 e. The van der Waals surface area contributed by atoms with Crippen LogP contribution in [0.2, 0.25) is 10.0 Å². The van der Waals surface area contributed by atoms with E-state index in [-0.39, 0.29) is 17.3 Å². The van der Waals surface area contributed by atoms with Crippen LogP contribution in [-0.4, -0.2) is 10.2 Å². The molecule has 0 spiro atoms. The van der Waals surface area contributed by atoms with Gasteiger partial charge in [0.25, 0.3) is 0 Å². The van der Waals surface area contributed by atoms with E-state index < -0.39 is 11.7 Å². The Balaban J connectivity index is 1.97. The Kier molecular flexibility index (Phi) is 4.04. The van der Waals surface area contributed by atoms with E-state index in [0.717, 1.165) is 12.1 Å². The summed E-state index contributed by atoms with van der Waals surface area (Å²) in [4.78, 5) is 0. The number of hydrogen-bond donors (Lipinski definition) is 0. The van der Waals surface area contributed by atoms with Gasteiger partial charge in [0.05, 0.1) is 15.6 Å². The molecular weight excluding hydrogens is 352 g/mol. The minimum atomic E-state index is -4.44. The lowest BCUT2D eigenvalue weighted by Crippen LogP contribution is -2.04. The lowest BCUT2D eigenvalue weighted by atomic mass is 10.1. The molecule has 0 unspecified atom stereocenters. The third-order valence-corrected chi connectivity index (χ3v) is 3.77. The molecule has 0 saturated heterocycles. The first-order valence-corrected chi connectivity index (χ1v) is 7.07. The first kappa shape index (κ1) is 15.8. The molecule has 3 rings (SSSR count). The second kappa shape index (κ2) is 5.86. The summed E-state index contributed by atoms with van der Waals surface area (Å²) in [6.07, 6.45) is -4.44. The van der Waals surface area contributed by atoms with Crippen LogP contribution >= 0.6 is 23.2 Å². The van der Waals surface area contributed by atoms with Crippen molar-refractivity contribution in [2.24, 2.45) is 0 Å². The van der Waals surface area contributed by atoms with Crippen LogP contribution in [0, 0.1) is 0 Å². The summed E-state index contributed by atoms with van der Waals surface area (Å²) in [6.45, 7) is 0. The molecule has 0 atom stereocenters. The molecule has 1 aromatic heterocycles. The smallest absolute Gasteiger partial charge is 0.416 e. The van der Waals surface area contributed by atoms with Crippen LogP contribution in [0.15, 0.2) is 46.9 Å². The third-order valence-electron chi connectivity index (χ3n) is 3.03. The molecule has 0 aliphatic heterocycles. The van der Waals surface area contributed by atoms with Crippen molar-refractivity contribution >= 4 is 23.2 Å². The summed E-state index contributed by atoms with van der Waals surface area (Å²) < 4.78 is 43.7. The van der Waals surface area contributed by atoms with Crippen molar-refractivity contribution in [1.82, 2.24) is 10.2 Å². The lowest BCUT2D eigenvalue weighted by molar-refractivity contribution is -0.137. The predicted molar refractivity (Wildman–Crippen MR) is 80.2 cm³/mol. The fourth-order valence-corrected chi connectivity index (χ4v) is 2.21. The van der Waals surface area contributed by atoms with Crippen LogP contribution in [0.5, 0.6) is 0 Å². The van der Waals surface area contributed by atoms with Crippen molar-refractivity contribution in [2.75, 3.05) is 0 Å². The third kappa shape index (κ3) is 3.33. The van der Waals surface area contributed by atoms with Crippen LogP contribution in [-0.2, 0) is 6.18 Å². The van der Waals surface area contributed by atoms with Crippen molar-refractivity contribution in [2.45, 2.75) is 6.18 Å². The maximum absolute atomic E-state index is 12.7. The van der Waals surface area contributed by atoms with Crippen molar-refractivity contribution in [3.63, 3.8) is 0 Å². The summed E-state index contributed by atoms with van der Waals surface area (Å²) in [5.41, 5.74) is -0.0898. The van der Waals surface area contributed by atoms with Crippen LogP contribution in [0.3, 0.4) is 0 Å². The van der Waals surface area contributed by atoms with Crippen LogP contribution in [0.25, 0.3) is 22.9 Å². The second-order valence-electron chi connectivity index (χ2n) is 4.62. The summed E-state index contributed by atoms with van der Waals surface area (Å²) in [5, 5.41) is 8.28. The Morgan fingerprint density at radius 1 is 0.826 bits per heavy atom. The zero-order valence-electron chi connectivity index (χ0n) is 11.2. The van der Waals surface area contributed by atoms with E-state index >= 15 is 0 Å². The minimum absolute atomic E-state index is 0.0165. The van der Waals surface area contributed by atoms with E-state index in [9.17, 15) is 13.2 Å². The molecule has 0 bridgehead atoms. The zero-order chi connectivity index (χ0) is 16.6. The fraction of sp³-hybridized carbons (Fsp3) is 0.0667. The molecule has 118 valence electrons. The van der Waals surface area contributed by atoms with Gasteiger partial charge >= 0.3 is 6.18 Å². The topological polar surface area (TPSA) is 38.9 Å². The number of benzene rings is 2. The van der Waals surface area contributed by atoms with Gasteiger partial charge in [-0.3, -0.25) is 0 Å². The molecule has 2 aromatic carbocycles. The van der Waals surface area contributed by atoms with Crippen molar-refractivity contribution in [1.29, 1.82) is 0 Å². The van der Waals surface area contributed by atoms with E-state index in [2.05, 4.69) is 10.2 Å². The summed E-state index contributed by atoms with van der Waals surface area (Å²) >= 11 is 11.7. The SMILES string of the molecule is FC(F)(F)c1cccc(-c2nnc(-c3ccc(Cl)c(Cl)c3)o2)c1. The predicted octanol–water partition coefficient (Wildman–Crippen LogP) is 5.73. The molecule has 0 amide bonds. The quantitative estimate of drug-likeness (QED) is 0.587. The van der Waals surface area contributed by atoms with Gasteiger partial charge in [0, 0.05) is 11.1 Å². The highest BCUT2D eigenvalue weighted by molar-refractivity contribution is 6.42. The Labute approximate surface area is 138 Å². The van der Waals surface area contributed by atoms with Crippen molar-refractivity contribution in [3.8, 4) is 22.9 Å². The van der Waals surface area contributed by atoms with Crippen LogP contribution < -0.4 is 0 Å². The monoisotopic (exact) mass is 358 g/mol. The van der Waals surface area contributed by atoms with E-state index in [1.807, 2.05) is 0 Å². The number of aromatic nitrogens is 2. The molecule has 0 fully saturated rings. The van der Waals surface area contributed by atoms with Crippen molar-refractivity contribution in [3.05, 3.63) is 58.1 Å². The summed E-state index contributed by atoms with van der Waals surface area (Å²) in [7, 11) is 0. The highest BCUT2D eigenvalue weighted by Crippen LogP contribution is 2.33. The molecule has 3 nitrogen and oxygen atoms in total. The molecule has 0 aliphatic rings. The summed E-state index contributed by atoms with van der Waals surface area (Å²) in [6, 6.07) is 9.38. The summed E-state index contributed by atoms with van der Waals surface area (Å²) in [5.74, 6) is 0.119. The Bertz CT molecular complexity index is 862. The maximum atomic E-state index is 12.7. The van der Waals surface area contributed by atoms with Gasteiger partial charge in [-0.2, -0.15) is 13.2 Å². The van der Waals surface area contributed by atoms with Gasteiger partial charge in [-0.25, -0.2) is 0 Å². The van der Waals surface area contributed by atoms with Gasteiger partial charge in [0.2, 0.25) is 11.8 Å². The normalized spacial score (nSPS) is 11.7. The van der Waals surface area contributed by atoms with E-state index in [1.165, 1.54) is 18.2 Å². The Hall–Kier alpha value is -2.05. The number of rotatable bonds is 2. The average Bonchev–Trinajstić information content (AvgIpc) is 2.99. The molecule has 1 heterocycles.